The van der Waals surface area contributed by atoms with Gasteiger partial charge in [-0.2, -0.15) is 4.31 Å². The fraction of sp³-hybridized carbons (Fsp3) is 0.500. The second-order valence-electron chi connectivity index (χ2n) is 8.83. The van der Waals surface area contributed by atoms with Crippen LogP contribution >= 0.6 is 0 Å². The van der Waals surface area contributed by atoms with Crippen LogP contribution in [-0.4, -0.2) is 67.9 Å². The van der Waals surface area contributed by atoms with Gasteiger partial charge in [-0.25, -0.2) is 18.2 Å². The number of nitrogens with one attached hydrogen (secondary N) is 1. The van der Waals surface area contributed by atoms with Crippen LogP contribution in [0.25, 0.3) is 0 Å². The van der Waals surface area contributed by atoms with E-state index in [4.69, 9.17) is 0 Å². The van der Waals surface area contributed by atoms with Crippen LogP contribution in [0.4, 0.5) is 10.6 Å². The maximum Gasteiger partial charge on any atom is 0.317 e. The molecule has 1 aromatic heterocycles. The predicted molar refractivity (Wildman–Crippen MR) is 129 cm³/mol. The van der Waals surface area contributed by atoms with E-state index in [0.717, 1.165) is 48.4 Å². The number of amides is 2. The summed E-state index contributed by atoms with van der Waals surface area (Å²) in [6.45, 7) is 7.57. The highest BCUT2D eigenvalue weighted by molar-refractivity contribution is 7.89. The van der Waals surface area contributed by atoms with Gasteiger partial charge < -0.3 is 15.1 Å². The van der Waals surface area contributed by atoms with Crippen LogP contribution < -0.4 is 10.2 Å². The van der Waals surface area contributed by atoms with E-state index in [1.54, 1.807) is 23.2 Å². The van der Waals surface area contributed by atoms with E-state index in [2.05, 4.69) is 15.2 Å². The quantitative estimate of drug-likeness (QED) is 0.725. The monoisotopic (exact) mass is 471 g/mol. The number of rotatable bonds is 5. The lowest BCUT2D eigenvalue weighted by Crippen LogP contribution is -2.53. The number of sulfonamides is 1. The summed E-state index contributed by atoms with van der Waals surface area (Å²) in [4.78, 5) is 21.6. The highest BCUT2D eigenvalue weighted by Gasteiger charge is 2.30. The molecule has 2 amide bonds. The number of nitrogens with zero attached hydrogens (tertiary/aromatic N) is 4. The molecule has 0 radical (unpaired) electrons. The van der Waals surface area contributed by atoms with Gasteiger partial charge in [-0.15, -0.1) is 0 Å². The second kappa shape index (κ2) is 10.1. The lowest BCUT2D eigenvalue weighted by molar-refractivity contribution is 0.172. The Labute approximate surface area is 196 Å². The van der Waals surface area contributed by atoms with Crippen molar-refractivity contribution >= 4 is 21.9 Å². The molecule has 33 heavy (non-hydrogen) atoms. The number of hydrogen-bond acceptors (Lipinski definition) is 5. The first-order chi connectivity index (χ1) is 15.9. The van der Waals surface area contributed by atoms with Crippen molar-refractivity contribution in [2.75, 3.05) is 44.2 Å². The Hall–Kier alpha value is -2.65. The van der Waals surface area contributed by atoms with Gasteiger partial charge in [-0.1, -0.05) is 12.1 Å². The van der Waals surface area contributed by atoms with Crippen molar-refractivity contribution in [3.05, 3.63) is 53.2 Å². The van der Waals surface area contributed by atoms with E-state index in [1.807, 2.05) is 32.0 Å². The summed E-state index contributed by atoms with van der Waals surface area (Å²) in [5, 5.41) is 3.00. The molecule has 2 aliphatic rings. The molecule has 0 atom stereocenters. The van der Waals surface area contributed by atoms with Gasteiger partial charge in [-0.05, 0) is 62.4 Å². The van der Waals surface area contributed by atoms with Crippen LogP contribution in [0.1, 0.15) is 36.0 Å². The average molecular weight is 472 g/mol. The van der Waals surface area contributed by atoms with E-state index in [1.165, 1.54) is 10.7 Å². The molecule has 178 valence electrons. The average Bonchev–Trinajstić information content (AvgIpc) is 2.85. The smallest absolute Gasteiger partial charge is 0.317 e. The van der Waals surface area contributed by atoms with Crippen LogP contribution in [0.2, 0.25) is 0 Å². The number of anilines is 1. The molecule has 4 rings (SSSR count). The van der Waals surface area contributed by atoms with E-state index < -0.39 is 10.0 Å². The molecule has 0 unspecified atom stereocenters. The molecule has 0 spiro atoms. The van der Waals surface area contributed by atoms with E-state index in [9.17, 15) is 13.2 Å². The highest BCUT2D eigenvalue weighted by atomic mass is 32.2. The van der Waals surface area contributed by atoms with E-state index in [0.29, 0.717) is 24.5 Å². The molecule has 0 bridgehead atoms. The standard InChI is InChI=1S/C24H33N5O3S/c1-19-8-9-22(17-20(19)2)33(31,32)29-15-13-28(14-16-29)24(30)26-18-21-7-6-10-25-23(21)27-11-4-3-5-12-27/h6-10,17H,3-5,11-16,18H2,1-2H3,(H,26,30). The lowest BCUT2D eigenvalue weighted by Gasteiger charge is -2.34. The predicted octanol–water partition coefficient (Wildman–Crippen LogP) is 2.90. The van der Waals surface area contributed by atoms with Gasteiger partial charge in [0.1, 0.15) is 5.82 Å². The number of aromatic nitrogens is 1. The summed E-state index contributed by atoms with van der Waals surface area (Å²) in [6, 6.07) is 8.94. The number of carbonyl (C=O) groups is 1. The Balaban J connectivity index is 1.33. The number of aryl methyl sites for hydroxylation is 2. The Morgan fingerprint density at radius 2 is 1.70 bits per heavy atom. The van der Waals surface area contributed by atoms with Gasteiger partial charge in [0.25, 0.3) is 0 Å². The van der Waals surface area contributed by atoms with Gasteiger partial charge in [0.15, 0.2) is 0 Å². The van der Waals surface area contributed by atoms with Crippen molar-refractivity contribution in [2.24, 2.45) is 0 Å². The number of pyridine rings is 1. The fourth-order valence-corrected chi connectivity index (χ4v) is 5.90. The third-order valence-corrected chi connectivity index (χ3v) is 8.49. The van der Waals surface area contributed by atoms with Crippen molar-refractivity contribution in [3.63, 3.8) is 0 Å². The summed E-state index contributed by atoms with van der Waals surface area (Å²) >= 11 is 0. The first kappa shape index (κ1) is 23.5. The summed E-state index contributed by atoms with van der Waals surface area (Å²) in [7, 11) is -3.56. The zero-order valence-corrected chi connectivity index (χ0v) is 20.3. The van der Waals surface area contributed by atoms with Crippen LogP contribution in [0, 0.1) is 13.8 Å². The number of piperidine rings is 1. The number of hydrogen-bond donors (Lipinski definition) is 1. The van der Waals surface area contributed by atoms with Gasteiger partial charge in [0.2, 0.25) is 10.0 Å². The number of urea groups is 1. The van der Waals surface area contributed by atoms with Crippen LogP contribution in [-0.2, 0) is 16.6 Å². The Bertz CT molecular complexity index is 1090. The van der Waals surface area contributed by atoms with Gasteiger partial charge in [0.05, 0.1) is 4.90 Å². The second-order valence-corrected chi connectivity index (χ2v) is 10.8. The van der Waals surface area contributed by atoms with Crippen molar-refractivity contribution in [1.29, 1.82) is 0 Å². The van der Waals surface area contributed by atoms with Gasteiger partial charge in [-0.3, -0.25) is 0 Å². The first-order valence-corrected chi connectivity index (χ1v) is 13.1. The maximum absolute atomic E-state index is 13.0. The highest BCUT2D eigenvalue weighted by Crippen LogP contribution is 2.22. The molecule has 0 aliphatic carbocycles. The molecule has 2 aromatic rings. The van der Waals surface area contributed by atoms with E-state index in [-0.39, 0.29) is 19.1 Å². The molecule has 2 saturated heterocycles. The molecule has 9 heteroatoms. The largest absolute Gasteiger partial charge is 0.356 e. The minimum Gasteiger partial charge on any atom is -0.356 e. The van der Waals surface area contributed by atoms with E-state index >= 15 is 0 Å². The summed E-state index contributed by atoms with van der Waals surface area (Å²) in [5.41, 5.74) is 3.02. The fourth-order valence-electron chi connectivity index (χ4n) is 4.40. The van der Waals surface area contributed by atoms with Crippen LogP contribution in [0.3, 0.4) is 0 Å². The Kier molecular flexibility index (Phi) is 7.19. The molecule has 2 aliphatic heterocycles. The molecule has 2 fully saturated rings. The van der Waals surface area contributed by atoms with Crippen molar-refractivity contribution < 1.29 is 13.2 Å². The molecular formula is C24H33N5O3S. The van der Waals surface area contributed by atoms with Gasteiger partial charge in [0, 0.05) is 57.6 Å². The topological polar surface area (TPSA) is 85.8 Å². The third-order valence-electron chi connectivity index (χ3n) is 6.60. The number of piperazine rings is 1. The molecular weight excluding hydrogens is 438 g/mol. The molecule has 3 heterocycles. The summed E-state index contributed by atoms with van der Waals surface area (Å²) in [5.74, 6) is 0.946. The summed E-state index contributed by atoms with van der Waals surface area (Å²) < 4.78 is 27.5. The van der Waals surface area contributed by atoms with Crippen molar-refractivity contribution in [1.82, 2.24) is 19.5 Å². The first-order valence-electron chi connectivity index (χ1n) is 11.7. The molecule has 1 aromatic carbocycles. The normalized spacial score (nSPS) is 17.8. The summed E-state index contributed by atoms with van der Waals surface area (Å²) in [6.07, 6.45) is 5.38. The Morgan fingerprint density at radius 3 is 2.39 bits per heavy atom. The number of benzene rings is 1. The maximum atomic E-state index is 13.0. The van der Waals surface area contributed by atoms with Crippen molar-refractivity contribution in [3.8, 4) is 0 Å². The SMILES string of the molecule is Cc1ccc(S(=O)(=O)N2CCN(C(=O)NCc3cccnc3N3CCCCC3)CC2)cc1C. The van der Waals surface area contributed by atoms with Crippen LogP contribution in [0.5, 0.6) is 0 Å². The zero-order valence-electron chi connectivity index (χ0n) is 19.5. The third kappa shape index (κ3) is 5.30. The minimum atomic E-state index is -3.56. The molecule has 1 N–H and O–H groups in total. The number of carbonyl (C=O) groups excluding carboxylic acids is 1. The van der Waals surface area contributed by atoms with Gasteiger partial charge >= 0.3 is 6.03 Å². The zero-order chi connectivity index (χ0) is 23.4. The Morgan fingerprint density at radius 1 is 0.970 bits per heavy atom. The van der Waals surface area contributed by atoms with Crippen molar-refractivity contribution in [2.45, 2.75) is 44.6 Å². The van der Waals surface area contributed by atoms with Crippen LogP contribution in [0.15, 0.2) is 41.4 Å². The molecule has 0 saturated carbocycles. The lowest BCUT2D eigenvalue weighted by atomic mass is 10.1. The minimum absolute atomic E-state index is 0.174. The molecule has 8 nitrogen and oxygen atoms in total.